The fourth-order valence-electron chi connectivity index (χ4n) is 4.27. The molecule has 1 aliphatic carbocycles. The van der Waals surface area contributed by atoms with Gasteiger partial charge in [-0.15, -0.1) is 16.4 Å². The smallest absolute Gasteiger partial charge is 0.215 e. The number of ether oxygens (including phenoxy) is 1. The number of hydrogen-bond donors (Lipinski definition) is 0. The molecule has 1 aliphatic heterocycles. The van der Waals surface area contributed by atoms with Crippen LogP contribution in [0.2, 0.25) is 0 Å². The number of fused-ring (bicyclic) bond motifs is 3. The highest BCUT2D eigenvalue weighted by atomic mass is 32.2. The molecule has 1 saturated heterocycles. The van der Waals surface area contributed by atoms with Crippen molar-refractivity contribution < 1.29 is 4.74 Å². The average molecular weight is 460 g/mol. The van der Waals surface area contributed by atoms with Crippen LogP contribution in [0.15, 0.2) is 10.2 Å². The SMILES string of the molecule is CC(C)Cn1nnnc1Sc1nc(CN2CCOCC2)nc2sc3c(c12)CC[C@H](C)C3. The van der Waals surface area contributed by atoms with Gasteiger partial charge < -0.3 is 4.74 Å². The molecule has 10 heteroatoms. The zero-order chi connectivity index (χ0) is 21.4. The highest BCUT2D eigenvalue weighted by Crippen LogP contribution is 2.42. The molecule has 4 heterocycles. The molecule has 0 radical (unpaired) electrons. The minimum atomic E-state index is 0.473. The van der Waals surface area contributed by atoms with Gasteiger partial charge in [0.2, 0.25) is 5.16 Å². The molecule has 0 spiro atoms. The number of thiophene rings is 1. The normalized spacial score (nSPS) is 19.9. The van der Waals surface area contributed by atoms with Gasteiger partial charge in [0.05, 0.1) is 19.8 Å². The monoisotopic (exact) mass is 459 g/mol. The summed E-state index contributed by atoms with van der Waals surface area (Å²) in [5.74, 6) is 2.09. The highest BCUT2D eigenvalue weighted by molar-refractivity contribution is 7.99. The lowest BCUT2D eigenvalue weighted by molar-refractivity contribution is 0.0330. The van der Waals surface area contributed by atoms with Gasteiger partial charge in [-0.25, -0.2) is 14.6 Å². The molecule has 31 heavy (non-hydrogen) atoms. The Labute approximate surface area is 190 Å². The molecule has 8 nitrogen and oxygen atoms in total. The van der Waals surface area contributed by atoms with Crippen molar-refractivity contribution in [3.8, 4) is 0 Å². The highest BCUT2D eigenvalue weighted by Gasteiger charge is 2.26. The number of rotatable bonds is 6. The molecule has 0 amide bonds. The molecule has 5 rings (SSSR count). The second kappa shape index (κ2) is 9.09. The Morgan fingerprint density at radius 2 is 2.06 bits per heavy atom. The van der Waals surface area contributed by atoms with E-state index in [4.69, 9.17) is 14.7 Å². The van der Waals surface area contributed by atoms with Crippen LogP contribution in [0.4, 0.5) is 0 Å². The third-order valence-corrected chi connectivity index (χ3v) is 7.97. The molecule has 3 aromatic heterocycles. The first-order valence-corrected chi connectivity index (χ1v) is 12.8. The van der Waals surface area contributed by atoms with Crippen LogP contribution >= 0.6 is 23.1 Å². The van der Waals surface area contributed by atoms with Gasteiger partial charge in [-0.1, -0.05) is 20.8 Å². The van der Waals surface area contributed by atoms with Crippen LogP contribution in [-0.4, -0.2) is 61.4 Å². The summed E-state index contributed by atoms with van der Waals surface area (Å²) in [6.07, 6.45) is 3.47. The molecule has 0 aromatic carbocycles. The zero-order valence-corrected chi connectivity index (χ0v) is 20.0. The average Bonchev–Trinajstić information content (AvgIpc) is 3.31. The maximum atomic E-state index is 5.50. The van der Waals surface area contributed by atoms with Crippen LogP contribution in [-0.2, 0) is 30.7 Å². The second-order valence-corrected chi connectivity index (χ2v) is 11.0. The van der Waals surface area contributed by atoms with Crippen LogP contribution in [0.1, 0.15) is 43.5 Å². The predicted octanol–water partition coefficient (Wildman–Crippen LogP) is 3.44. The Balaban J connectivity index is 1.54. The minimum Gasteiger partial charge on any atom is -0.379 e. The van der Waals surface area contributed by atoms with Crippen molar-refractivity contribution in [2.45, 2.75) is 63.3 Å². The fraction of sp³-hybridized carbons (Fsp3) is 0.667. The maximum Gasteiger partial charge on any atom is 0.215 e. The standard InChI is InChI=1S/C21H29N7OS2/c1-13(2)11-28-21(24-25-26-28)31-20-18-15-5-4-14(3)10-16(15)30-19(18)22-17(23-20)12-27-6-8-29-9-7-27/h13-14H,4-12H2,1-3H3/t14-/m0/s1. The van der Waals surface area contributed by atoms with Crippen molar-refractivity contribution >= 4 is 33.3 Å². The summed E-state index contributed by atoms with van der Waals surface area (Å²) in [7, 11) is 0. The van der Waals surface area contributed by atoms with Crippen LogP contribution in [0.3, 0.4) is 0 Å². The summed E-state index contributed by atoms with van der Waals surface area (Å²) in [5.41, 5.74) is 1.45. The summed E-state index contributed by atoms with van der Waals surface area (Å²) in [5, 5.41) is 15.5. The van der Waals surface area contributed by atoms with E-state index in [0.717, 1.165) is 79.0 Å². The van der Waals surface area contributed by atoms with E-state index in [9.17, 15) is 0 Å². The third kappa shape index (κ3) is 4.62. The van der Waals surface area contributed by atoms with E-state index in [-0.39, 0.29) is 0 Å². The molecule has 2 aliphatic rings. The first kappa shape index (κ1) is 21.2. The van der Waals surface area contributed by atoms with Crippen LogP contribution in [0, 0.1) is 11.8 Å². The van der Waals surface area contributed by atoms with Crippen molar-refractivity contribution in [2.75, 3.05) is 26.3 Å². The molecule has 166 valence electrons. The molecule has 0 unspecified atom stereocenters. The first-order chi connectivity index (χ1) is 15.1. The molecule has 1 atom stereocenters. The Bertz CT molecular complexity index is 1060. The van der Waals surface area contributed by atoms with Gasteiger partial charge in [0.1, 0.15) is 15.7 Å². The topological polar surface area (TPSA) is 81.9 Å². The van der Waals surface area contributed by atoms with Crippen molar-refractivity contribution in [3.05, 3.63) is 16.3 Å². The number of aryl methyl sites for hydroxylation is 1. The van der Waals surface area contributed by atoms with Gasteiger partial charge in [0.25, 0.3) is 0 Å². The third-order valence-electron chi connectivity index (χ3n) is 5.86. The van der Waals surface area contributed by atoms with E-state index in [2.05, 4.69) is 41.2 Å². The Kier molecular flexibility index (Phi) is 6.23. The Morgan fingerprint density at radius 3 is 2.87 bits per heavy atom. The Morgan fingerprint density at radius 1 is 1.23 bits per heavy atom. The lowest BCUT2D eigenvalue weighted by Crippen LogP contribution is -2.36. The van der Waals surface area contributed by atoms with Crippen molar-refractivity contribution in [1.82, 2.24) is 35.1 Å². The largest absolute Gasteiger partial charge is 0.379 e. The van der Waals surface area contributed by atoms with Gasteiger partial charge in [-0.2, -0.15) is 0 Å². The van der Waals surface area contributed by atoms with Gasteiger partial charge in [-0.3, -0.25) is 4.90 Å². The molecule has 1 fully saturated rings. The van der Waals surface area contributed by atoms with E-state index >= 15 is 0 Å². The minimum absolute atomic E-state index is 0.473. The molecular formula is C21H29N7OS2. The number of hydrogen-bond acceptors (Lipinski definition) is 9. The van der Waals surface area contributed by atoms with Gasteiger partial charge in [0.15, 0.2) is 0 Å². The van der Waals surface area contributed by atoms with Crippen molar-refractivity contribution in [3.63, 3.8) is 0 Å². The summed E-state index contributed by atoms with van der Waals surface area (Å²) >= 11 is 3.44. The van der Waals surface area contributed by atoms with Crippen molar-refractivity contribution in [1.29, 1.82) is 0 Å². The first-order valence-electron chi connectivity index (χ1n) is 11.1. The van der Waals surface area contributed by atoms with E-state index in [1.165, 1.54) is 22.2 Å². The summed E-state index contributed by atoms with van der Waals surface area (Å²) < 4.78 is 7.40. The lowest BCUT2D eigenvalue weighted by Gasteiger charge is -2.25. The van der Waals surface area contributed by atoms with Gasteiger partial charge >= 0.3 is 0 Å². The lowest BCUT2D eigenvalue weighted by atomic mass is 9.89. The second-order valence-electron chi connectivity index (χ2n) is 9.00. The van der Waals surface area contributed by atoms with Crippen LogP contribution < -0.4 is 0 Å². The maximum absolute atomic E-state index is 5.50. The van der Waals surface area contributed by atoms with Gasteiger partial charge in [0, 0.05) is 29.9 Å². The van der Waals surface area contributed by atoms with E-state index < -0.39 is 0 Å². The van der Waals surface area contributed by atoms with Crippen LogP contribution in [0.5, 0.6) is 0 Å². The number of morpholine rings is 1. The molecule has 0 saturated carbocycles. The quantitative estimate of drug-likeness (QED) is 0.519. The molecular weight excluding hydrogens is 430 g/mol. The molecule has 0 bridgehead atoms. The van der Waals surface area contributed by atoms with Crippen molar-refractivity contribution in [2.24, 2.45) is 11.8 Å². The van der Waals surface area contributed by atoms with E-state index in [1.54, 1.807) is 11.8 Å². The zero-order valence-electron chi connectivity index (χ0n) is 18.4. The van der Waals surface area contributed by atoms with E-state index in [0.29, 0.717) is 5.92 Å². The molecule has 3 aromatic rings. The number of nitrogens with zero attached hydrogens (tertiary/aromatic N) is 7. The molecule has 0 N–H and O–H groups in total. The fourth-order valence-corrected chi connectivity index (χ4v) is 6.68. The summed E-state index contributed by atoms with van der Waals surface area (Å²) in [6, 6.07) is 0. The predicted molar refractivity (Wildman–Crippen MR) is 121 cm³/mol. The number of aromatic nitrogens is 6. The summed E-state index contributed by atoms with van der Waals surface area (Å²) in [4.78, 5) is 15.0. The van der Waals surface area contributed by atoms with E-state index in [1.807, 2.05) is 16.0 Å². The van der Waals surface area contributed by atoms with Crippen LogP contribution in [0.25, 0.3) is 10.2 Å². The van der Waals surface area contributed by atoms with Gasteiger partial charge in [-0.05, 0) is 58.9 Å². The Hall–Kier alpha value is -1.62. The number of tetrazole rings is 1. The summed E-state index contributed by atoms with van der Waals surface area (Å²) in [6.45, 7) is 11.7.